The Hall–Kier alpha value is -2.89. The maximum atomic E-state index is 13.2. The lowest BCUT2D eigenvalue weighted by Gasteiger charge is -2.26. The second-order valence-corrected chi connectivity index (χ2v) is 9.01. The van der Waals surface area contributed by atoms with E-state index in [0.717, 1.165) is 43.6 Å². The summed E-state index contributed by atoms with van der Waals surface area (Å²) in [6.45, 7) is 1.17. The topological polar surface area (TPSA) is 94.2 Å². The molecular weight excluding hydrogens is 473 g/mol. The van der Waals surface area contributed by atoms with Crippen LogP contribution in [0, 0.1) is 11.3 Å². The van der Waals surface area contributed by atoms with E-state index in [1.165, 1.54) is 0 Å². The fourth-order valence-electron chi connectivity index (χ4n) is 4.13. The first-order valence-electron chi connectivity index (χ1n) is 11.2. The van der Waals surface area contributed by atoms with Gasteiger partial charge in [0.15, 0.2) is 5.69 Å². The molecule has 9 heteroatoms. The second-order valence-electron chi connectivity index (χ2n) is 8.16. The molecule has 0 aliphatic carbocycles. The highest BCUT2D eigenvalue weighted by Crippen LogP contribution is 2.33. The maximum absolute atomic E-state index is 13.2. The first-order valence-corrected chi connectivity index (χ1v) is 12.0. The second kappa shape index (κ2) is 11.0. The number of piperidine rings is 1. The number of carbonyl (C=O) groups excluding carboxylic acids is 1. The van der Waals surface area contributed by atoms with Crippen molar-refractivity contribution >= 4 is 29.1 Å². The molecule has 0 bridgehead atoms. The number of carbonyl (C=O) groups is 1. The molecule has 1 fully saturated rings. The largest absolute Gasteiger partial charge is 0.390 e. The molecule has 1 aromatic heterocycles. The smallest absolute Gasteiger partial charge is 0.286 e. The van der Waals surface area contributed by atoms with Crippen LogP contribution < -0.4 is 5.43 Å². The van der Waals surface area contributed by atoms with Crippen LogP contribution in [0.2, 0.25) is 10.0 Å². The number of rotatable bonds is 7. The van der Waals surface area contributed by atoms with E-state index in [1.807, 2.05) is 29.3 Å². The van der Waals surface area contributed by atoms with Crippen LogP contribution in [0.4, 0.5) is 0 Å². The minimum absolute atomic E-state index is 0.141. The molecule has 1 amide bonds. The van der Waals surface area contributed by atoms with Crippen LogP contribution in [0.5, 0.6) is 0 Å². The normalized spacial score (nSPS) is 14.1. The van der Waals surface area contributed by atoms with E-state index in [2.05, 4.69) is 16.5 Å². The summed E-state index contributed by atoms with van der Waals surface area (Å²) >= 11 is 12.6. The van der Waals surface area contributed by atoms with Gasteiger partial charge in [0.1, 0.15) is 5.82 Å². The number of aliphatic hydroxyl groups excluding tert-OH is 1. The van der Waals surface area contributed by atoms with E-state index < -0.39 is 6.61 Å². The number of hydrogen-bond acceptors (Lipinski definition) is 5. The Kier molecular flexibility index (Phi) is 7.86. The van der Waals surface area contributed by atoms with Crippen molar-refractivity contribution in [3.8, 4) is 23.1 Å². The first kappa shape index (κ1) is 24.2. The molecule has 2 aromatic carbocycles. The molecule has 1 aliphatic rings. The van der Waals surface area contributed by atoms with Crippen molar-refractivity contribution in [2.45, 2.75) is 38.7 Å². The van der Waals surface area contributed by atoms with Crippen molar-refractivity contribution in [1.29, 1.82) is 5.26 Å². The number of amides is 1. The molecule has 0 spiro atoms. The summed E-state index contributed by atoms with van der Waals surface area (Å²) in [6, 6.07) is 14.8. The third kappa shape index (κ3) is 5.26. The van der Waals surface area contributed by atoms with Gasteiger partial charge in [0.05, 0.1) is 23.4 Å². The first-order chi connectivity index (χ1) is 16.5. The predicted molar refractivity (Wildman–Crippen MR) is 132 cm³/mol. The van der Waals surface area contributed by atoms with Crippen LogP contribution >= 0.6 is 23.2 Å². The van der Waals surface area contributed by atoms with Crippen LogP contribution in [-0.4, -0.2) is 38.7 Å². The number of imidazole rings is 1. The van der Waals surface area contributed by atoms with Crippen LogP contribution in [0.1, 0.15) is 47.4 Å². The highest BCUT2D eigenvalue weighted by molar-refractivity contribution is 6.36. The number of aliphatic hydroxyl groups is 1. The summed E-state index contributed by atoms with van der Waals surface area (Å²) < 4.78 is 1.74. The van der Waals surface area contributed by atoms with Gasteiger partial charge in [0, 0.05) is 35.8 Å². The Morgan fingerprint density at radius 2 is 1.85 bits per heavy atom. The van der Waals surface area contributed by atoms with Crippen molar-refractivity contribution in [3.63, 3.8) is 0 Å². The van der Waals surface area contributed by atoms with E-state index in [-0.39, 0.29) is 11.6 Å². The number of hydrazine groups is 1. The monoisotopic (exact) mass is 497 g/mol. The van der Waals surface area contributed by atoms with E-state index in [9.17, 15) is 9.90 Å². The van der Waals surface area contributed by atoms with Crippen molar-refractivity contribution in [2.75, 3.05) is 13.1 Å². The number of halogens is 2. The zero-order chi connectivity index (χ0) is 24.1. The molecule has 1 saturated heterocycles. The molecular formula is C25H25Cl2N5O2. The Balaban J connectivity index is 1.80. The molecule has 7 nitrogen and oxygen atoms in total. The fourth-order valence-corrected chi connectivity index (χ4v) is 4.62. The van der Waals surface area contributed by atoms with E-state index in [0.29, 0.717) is 40.0 Å². The van der Waals surface area contributed by atoms with Crippen LogP contribution in [0.15, 0.2) is 42.5 Å². The zero-order valence-electron chi connectivity index (χ0n) is 18.6. The standard InChI is InChI=1S/C25H25Cl2N5O2/c26-18-8-11-20(21(27)15-18)24-29-23(25(34)30-31-13-2-1-3-14-31)22(16-33)32(24)19-9-6-17(7-10-19)5-4-12-28/h6-11,15,33H,1-5,13-14,16H2,(H,30,34). The summed E-state index contributed by atoms with van der Waals surface area (Å²) in [5, 5.41) is 21.9. The Bertz CT molecular complexity index is 1210. The van der Waals surface area contributed by atoms with Gasteiger partial charge in [-0.3, -0.25) is 14.8 Å². The summed E-state index contributed by atoms with van der Waals surface area (Å²) in [5.74, 6) is 0.0564. The molecule has 0 atom stereocenters. The maximum Gasteiger partial charge on any atom is 0.286 e. The molecule has 0 radical (unpaired) electrons. The van der Waals surface area contributed by atoms with Crippen LogP contribution in [-0.2, 0) is 13.0 Å². The Morgan fingerprint density at radius 3 is 2.50 bits per heavy atom. The van der Waals surface area contributed by atoms with Gasteiger partial charge in [-0.05, 0) is 55.2 Å². The van der Waals surface area contributed by atoms with Gasteiger partial charge >= 0.3 is 0 Å². The summed E-state index contributed by atoms with van der Waals surface area (Å²) in [4.78, 5) is 17.9. The number of nitrogens with zero attached hydrogens (tertiary/aromatic N) is 4. The SMILES string of the molecule is N#CCCc1ccc(-n2c(-c3ccc(Cl)cc3Cl)nc(C(=O)NN3CCCCC3)c2CO)cc1. The van der Waals surface area contributed by atoms with Crippen molar-refractivity contribution < 1.29 is 9.90 Å². The van der Waals surface area contributed by atoms with Crippen molar-refractivity contribution in [1.82, 2.24) is 20.0 Å². The summed E-state index contributed by atoms with van der Waals surface area (Å²) in [7, 11) is 0. The Morgan fingerprint density at radius 1 is 1.12 bits per heavy atom. The lowest BCUT2D eigenvalue weighted by Crippen LogP contribution is -2.45. The molecule has 176 valence electrons. The lowest BCUT2D eigenvalue weighted by molar-refractivity contribution is 0.0742. The van der Waals surface area contributed by atoms with Crippen molar-refractivity contribution in [2.24, 2.45) is 0 Å². The zero-order valence-corrected chi connectivity index (χ0v) is 20.1. The van der Waals surface area contributed by atoms with Crippen LogP contribution in [0.3, 0.4) is 0 Å². The highest BCUT2D eigenvalue weighted by Gasteiger charge is 2.26. The predicted octanol–water partition coefficient (Wildman–Crippen LogP) is 4.93. The van der Waals surface area contributed by atoms with Gasteiger partial charge in [-0.1, -0.05) is 41.8 Å². The minimum Gasteiger partial charge on any atom is -0.390 e. The molecule has 1 aliphatic heterocycles. The number of aromatic nitrogens is 2. The lowest BCUT2D eigenvalue weighted by atomic mass is 10.1. The molecule has 0 saturated carbocycles. The molecule has 2 heterocycles. The average Bonchev–Trinajstić information content (AvgIpc) is 3.23. The fraction of sp³-hybridized carbons (Fsp3) is 0.320. The number of nitrogens with one attached hydrogen (secondary N) is 1. The molecule has 0 unspecified atom stereocenters. The molecule has 3 aromatic rings. The highest BCUT2D eigenvalue weighted by atomic mass is 35.5. The van der Waals surface area contributed by atoms with E-state index in [4.69, 9.17) is 28.5 Å². The average molecular weight is 498 g/mol. The van der Waals surface area contributed by atoms with Crippen molar-refractivity contribution in [3.05, 3.63) is 69.5 Å². The van der Waals surface area contributed by atoms with E-state index in [1.54, 1.807) is 22.8 Å². The van der Waals surface area contributed by atoms with E-state index >= 15 is 0 Å². The summed E-state index contributed by atoms with van der Waals surface area (Å²) in [5.41, 5.74) is 5.76. The number of nitriles is 1. The van der Waals surface area contributed by atoms with Gasteiger partial charge in [-0.2, -0.15) is 5.26 Å². The Labute approximate surface area is 208 Å². The number of benzene rings is 2. The van der Waals surface area contributed by atoms with Gasteiger partial charge < -0.3 is 5.11 Å². The van der Waals surface area contributed by atoms with Gasteiger partial charge in [-0.15, -0.1) is 0 Å². The summed E-state index contributed by atoms with van der Waals surface area (Å²) in [6.07, 6.45) is 4.26. The van der Waals surface area contributed by atoms with Gasteiger partial charge in [-0.25, -0.2) is 9.99 Å². The quantitative estimate of drug-likeness (QED) is 0.482. The molecule has 4 rings (SSSR count). The number of hydrogen-bond donors (Lipinski definition) is 2. The minimum atomic E-state index is -0.392. The number of aryl methyl sites for hydroxylation is 1. The van der Waals surface area contributed by atoms with Crippen LogP contribution in [0.25, 0.3) is 17.1 Å². The molecule has 2 N–H and O–H groups in total. The van der Waals surface area contributed by atoms with Gasteiger partial charge in [0.2, 0.25) is 0 Å². The third-order valence-corrected chi connectivity index (χ3v) is 6.39. The molecule has 34 heavy (non-hydrogen) atoms. The van der Waals surface area contributed by atoms with Gasteiger partial charge in [0.25, 0.3) is 5.91 Å². The third-order valence-electron chi connectivity index (χ3n) is 5.85.